The van der Waals surface area contributed by atoms with Crippen LogP contribution in [0.1, 0.15) is 87.1 Å². The molecule has 1 saturated heterocycles. The molecule has 0 spiro atoms. The molecular formula is C25H38ClNO3. The summed E-state index contributed by atoms with van der Waals surface area (Å²) in [5.41, 5.74) is 1.70. The van der Waals surface area contributed by atoms with Gasteiger partial charge in [0.2, 0.25) is 0 Å². The van der Waals surface area contributed by atoms with E-state index in [2.05, 4.69) is 11.8 Å². The molecule has 168 valence electrons. The van der Waals surface area contributed by atoms with Gasteiger partial charge in [-0.05, 0) is 87.6 Å². The van der Waals surface area contributed by atoms with Gasteiger partial charge in [0, 0.05) is 6.04 Å². The number of benzene rings is 1. The fourth-order valence-corrected chi connectivity index (χ4v) is 5.73. The van der Waals surface area contributed by atoms with Crippen LogP contribution in [0.2, 0.25) is 0 Å². The van der Waals surface area contributed by atoms with Crippen molar-refractivity contribution in [1.82, 2.24) is 4.90 Å². The Morgan fingerprint density at radius 3 is 2.60 bits per heavy atom. The molecule has 2 aliphatic rings. The molecule has 1 aromatic rings. The third-order valence-corrected chi connectivity index (χ3v) is 8.02. The number of carbonyl (C=O) groups is 1. The maximum absolute atomic E-state index is 11.0. The van der Waals surface area contributed by atoms with Crippen molar-refractivity contribution in [2.75, 3.05) is 13.1 Å². The van der Waals surface area contributed by atoms with Crippen LogP contribution < -0.4 is 0 Å². The van der Waals surface area contributed by atoms with E-state index in [4.69, 9.17) is 16.7 Å². The summed E-state index contributed by atoms with van der Waals surface area (Å²) in [6, 6.07) is 7.55. The van der Waals surface area contributed by atoms with Gasteiger partial charge < -0.3 is 10.2 Å². The van der Waals surface area contributed by atoms with Crippen LogP contribution in [0.5, 0.6) is 0 Å². The van der Waals surface area contributed by atoms with Gasteiger partial charge in [-0.15, -0.1) is 11.6 Å². The van der Waals surface area contributed by atoms with Crippen LogP contribution in [0, 0.1) is 5.41 Å². The lowest BCUT2D eigenvalue weighted by Crippen LogP contribution is -2.42. The molecule has 1 unspecified atom stereocenters. The molecule has 3 rings (SSSR count). The molecule has 3 atom stereocenters. The quantitative estimate of drug-likeness (QED) is 0.425. The van der Waals surface area contributed by atoms with Crippen molar-refractivity contribution in [3.8, 4) is 0 Å². The number of aliphatic hydroxyl groups is 1. The number of unbranched alkanes of at least 4 members (excludes halogenated alkanes) is 1. The minimum atomic E-state index is -0.884. The second-order valence-corrected chi connectivity index (χ2v) is 9.99. The van der Waals surface area contributed by atoms with Crippen molar-refractivity contribution in [2.45, 2.75) is 95.1 Å². The van der Waals surface area contributed by atoms with E-state index < -0.39 is 5.97 Å². The number of likely N-dealkylation sites (tertiary alicyclic amines) is 1. The molecule has 2 N–H and O–H groups in total. The maximum Gasteiger partial charge on any atom is 0.335 e. The number of aromatic carboxylic acids is 1. The summed E-state index contributed by atoms with van der Waals surface area (Å²) in [6.45, 7) is 4.27. The van der Waals surface area contributed by atoms with Gasteiger partial charge in [-0.1, -0.05) is 38.3 Å². The lowest BCUT2D eigenvalue weighted by molar-refractivity contribution is -0.0486. The average molecular weight is 436 g/mol. The Morgan fingerprint density at radius 2 is 2.00 bits per heavy atom. The standard InChI is InChI=1S/C25H38ClNO3/c1-2-3-14-25(15-5-16-25)23(28)6-4-17-27-18-13-21(26)22(27)12-9-19-7-10-20(11-8-19)24(29)30/h7-8,10-11,21-23,28H,2-6,9,12-18H2,1H3,(H,29,30)/t21-,22+,23?/m1/s1. The smallest absolute Gasteiger partial charge is 0.335 e. The number of halogens is 1. The van der Waals surface area contributed by atoms with Crippen LogP contribution in [-0.4, -0.2) is 51.7 Å². The number of carboxylic acid groups (broad SMARTS) is 1. The van der Waals surface area contributed by atoms with E-state index >= 15 is 0 Å². The van der Waals surface area contributed by atoms with Gasteiger partial charge in [0.15, 0.2) is 0 Å². The highest BCUT2D eigenvalue weighted by Gasteiger charge is 2.42. The molecule has 1 aliphatic heterocycles. The summed E-state index contributed by atoms with van der Waals surface area (Å²) >= 11 is 6.64. The van der Waals surface area contributed by atoms with Gasteiger partial charge in [0.25, 0.3) is 0 Å². The Labute approximate surface area is 186 Å². The van der Waals surface area contributed by atoms with Crippen molar-refractivity contribution in [1.29, 1.82) is 0 Å². The molecule has 5 heteroatoms. The first kappa shape index (κ1) is 23.6. The van der Waals surface area contributed by atoms with Gasteiger partial charge in [-0.25, -0.2) is 4.79 Å². The second kappa shape index (κ2) is 11.0. The highest BCUT2D eigenvalue weighted by molar-refractivity contribution is 6.21. The summed E-state index contributed by atoms with van der Waals surface area (Å²) < 4.78 is 0. The van der Waals surface area contributed by atoms with Crippen molar-refractivity contribution < 1.29 is 15.0 Å². The largest absolute Gasteiger partial charge is 0.478 e. The second-order valence-electron chi connectivity index (χ2n) is 9.43. The summed E-state index contributed by atoms with van der Waals surface area (Å²) in [5.74, 6) is -0.884. The molecule has 0 amide bonds. The molecule has 1 saturated carbocycles. The highest BCUT2D eigenvalue weighted by Crippen LogP contribution is 2.49. The fraction of sp³-hybridized carbons (Fsp3) is 0.720. The molecule has 4 nitrogen and oxygen atoms in total. The Kier molecular flexibility index (Phi) is 8.62. The monoisotopic (exact) mass is 435 g/mol. The molecule has 1 aromatic carbocycles. The normalized spacial score (nSPS) is 24.5. The van der Waals surface area contributed by atoms with Crippen molar-refractivity contribution in [2.24, 2.45) is 5.41 Å². The summed E-state index contributed by atoms with van der Waals surface area (Å²) in [6.07, 6.45) is 12.0. The number of aryl methyl sites for hydroxylation is 1. The molecule has 0 bridgehead atoms. The predicted molar refractivity (Wildman–Crippen MR) is 122 cm³/mol. The third-order valence-electron chi connectivity index (χ3n) is 7.52. The van der Waals surface area contributed by atoms with E-state index in [1.807, 2.05) is 12.1 Å². The Bertz CT molecular complexity index is 673. The summed E-state index contributed by atoms with van der Waals surface area (Å²) in [7, 11) is 0. The van der Waals surface area contributed by atoms with Crippen molar-refractivity contribution >= 4 is 17.6 Å². The summed E-state index contributed by atoms with van der Waals surface area (Å²) in [5, 5.41) is 20.1. The van der Waals surface area contributed by atoms with E-state index in [0.717, 1.165) is 50.8 Å². The van der Waals surface area contributed by atoms with E-state index in [-0.39, 0.29) is 16.9 Å². The predicted octanol–water partition coefficient (Wildman–Crippen LogP) is 5.50. The molecule has 1 heterocycles. The number of nitrogens with zero attached hydrogens (tertiary/aromatic N) is 1. The first-order valence-corrected chi connectivity index (χ1v) is 12.3. The molecule has 0 aromatic heterocycles. The summed E-state index contributed by atoms with van der Waals surface area (Å²) in [4.78, 5) is 13.5. The van der Waals surface area contributed by atoms with Crippen molar-refractivity contribution in [3.63, 3.8) is 0 Å². The average Bonchev–Trinajstić information content (AvgIpc) is 3.05. The number of hydrogen-bond donors (Lipinski definition) is 2. The van der Waals surface area contributed by atoms with Crippen LogP contribution in [-0.2, 0) is 6.42 Å². The van der Waals surface area contributed by atoms with Crippen LogP contribution in [0.4, 0.5) is 0 Å². The zero-order valence-electron chi connectivity index (χ0n) is 18.4. The number of carboxylic acids is 1. The number of hydrogen-bond acceptors (Lipinski definition) is 3. The first-order valence-electron chi connectivity index (χ1n) is 11.8. The molecule has 30 heavy (non-hydrogen) atoms. The van der Waals surface area contributed by atoms with Crippen LogP contribution in [0.25, 0.3) is 0 Å². The Hall–Kier alpha value is -1.10. The van der Waals surface area contributed by atoms with E-state index in [1.165, 1.54) is 38.5 Å². The first-order chi connectivity index (χ1) is 14.4. The number of rotatable bonds is 12. The van der Waals surface area contributed by atoms with E-state index in [1.54, 1.807) is 12.1 Å². The lowest BCUT2D eigenvalue weighted by atomic mass is 9.61. The lowest BCUT2D eigenvalue weighted by Gasteiger charge is -2.46. The minimum absolute atomic E-state index is 0.154. The van der Waals surface area contributed by atoms with Gasteiger partial charge in [-0.2, -0.15) is 0 Å². The highest BCUT2D eigenvalue weighted by atomic mass is 35.5. The molecule has 0 radical (unpaired) electrons. The van der Waals surface area contributed by atoms with Crippen molar-refractivity contribution in [3.05, 3.63) is 35.4 Å². The number of aliphatic hydroxyl groups excluding tert-OH is 1. The Morgan fingerprint density at radius 1 is 1.27 bits per heavy atom. The zero-order chi connectivity index (χ0) is 21.6. The van der Waals surface area contributed by atoms with Gasteiger partial charge in [-0.3, -0.25) is 4.90 Å². The zero-order valence-corrected chi connectivity index (χ0v) is 19.1. The third kappa shape index (κ3) is 5.77. The molecule has 1 aliphatic carbocycles. The topological polar surface area (TPSA) is 60.8 Å². The minimum Gasteiger partial charge on any atom is -0.478 e. The molecule has 2 fully saturated rings. The van der Waals surface area contributed by atoms with E-state index in [9.17, 15) is 9.90 Å². The van der Waals surface area contributed by atoms with Crippen LogP contribution in [0.15, 0.2) is 24.3 Å². The van der Waals surface area contributed by atoms with Gasteiger partial charge in [0.05, 0.1) is 17.0 Å². The van der Waals surface area contributed by atoms with Gasteiger partial charge >= 0.3 is 5.97 Å². The maximum atomic E-state index is 11.0. The van der Waals surface area contributed by atoms with Gasteiger partial charge in [0.1, 0.15) is 0 Å². The van der Waals surface area contributed by atoms with Crippen LogP contribution >= 0.6 is 11.6 Å². The SMILES string of the molecule is CCCCC1(C(O)CCCN2CC[C@@H](Cl)[C@@H]2CCc2ccc(C(=O)O)cc2)CCC1. The van der Waals surface area contributed by atoms with Crippen LogP contribution in [0.3, 0.4) is 0 Å². The number of alkyl halides is 1. The fourth-order valence-electron chi connectivity index (χ4n) is 5.35. The van der Waals surface area contributed by atoms with E-state index in [0.29, 0.717) is 11.6 Å². The Balaban J connectivity index is 1.45. The molecular weight excluding hydrogens is 398 g/mol.